The molecule has 1 fully saturated rings. The highest BCUT2D eigenvalue weighted by Gasteiger charge is 2.16. The van der Waals surface area contributed by atoms with Gasteiger partial charge in [-0.1, -0.05) is 12.1 Å². The van der Waals surface area contributed by atoms with Gasteiger partial charge in [-0.15, -0.1) is 0 Å². The molecule has 0 saturated carbocycles. The van der Waals surface area contributed by atoms with E-state index in [9.17, 15) is 9.18 Å². The van der Waals surface area contributed by atoms with Crippen LogP contribution in [0, 0.1) is 5.82 Å². The topological polar surface area (TPSA) is 23.6 Å². The first-order valence-corrected chi connectivity index (χ1v) is 6.37. The number of carbonyl (C=O) groups is 1. The number of nitrogens with zero attached hydrogens (tertiary/aromatic N) is 2. The molecule has 4 heteroatoms. The van der Waals surface area contributed by atoms with Gasteiger partial charge in [-0.3, -0.25) is 9.69 Å². The van der Waals surface area contributed by atoms with Gasteiger partial charge in [0.25, 0.3) is 0 Å². The molecule has 1 aromatic carbocycles. The van der Waals surface area contributed by atoms with Crippen LogP contribution in [0.3, 0.4) is 0 Å². The molecular weight excluding hydrogens is 231 g/mol. The van der Waals surface area contributed by atoms with E-state index in [1.54, 1.807) is 19.1 Å². The van der Waals surface area contributed by atoms with Crippen molar-refractivity contribution in [1.82, 2.24) is 9.80 Å². The summed E-state index contributed by atoms with van der Waals surface area (Å²) < 4.78 is 13.1. The number of amides is 1. The third-order valence-corrected chi connectivity index (χ3v) is 3.33. The molecule has 0 aromatic heterocycles. The lowest BCUT2D eigenvalue weighted by molar-refractivity contribution is -0.128. The highest BCUT2D eigenvalue weighted by Crippen LogP contribution is 2.10. The van der Waals surface area contributed by atoms with E-state index < -0.39 is 0 Å². The third kappa shape index (κ3) is 3.53. The van der Waals surface area contributed by atoms with Gasteiger partial charge < -0.3 is 4.90 Å². The zero-order valence-corrected chi connectivity index (χ0v) is 10.7. The van der Waals surface area contributed by atoms with E-state index in [0.717, 1.165) is 44.7 Å². The summed E-state index contributed by atoms with van der Waals surface area (Å²) in [5.74, 6) is -0.0460. The van der Waals surface area contributed by atoms with Gasteiger partial charge in [0.05, 0.1) is 0 Å². The van der Waals surface area contributed by atoms with Crippen LogP contribution < -0.4 is 0 Å². The molecule has 3 nitrogen and oxygen atoms in total. The number of benzene rings is 1. The zero-order chi connectivity index (χ0) is 13.0. The fraction of sp³-hybridized carbons (Fsp3) is 0.500. The van der Waals surface area contributed by atoms with Gasteiger partial charge in [0, 0.05) is 39.6 Å². The minimum absolute atomic E-state index is 0.141. The van der Waals surface area contributed by atoms with Gasteiger partial charge in [-0.2, -0.15) is 0 Å². The van der Waals surface area contributed by atoms with E-state index in [-0.39, 0.29) is 11.7 Å². The molecule has 1 amide bonds. The molecule has 1 aliphatic rings. The molecule has 0 unspecified atom stereocenters. The van der Waals surface area contributed by atoms with Crippen LogP contribution >= 0.6 is 0 Å². The Morgan fingerprint density at radius 1 is 1.28 bits per heavy atom. The number of carbonyl (C=O) groups excluding carboxylic acids is 1. The van der Waals surface area contributed by atoms with Crippen LogP contribution in [-0.4, -0.2) is 41.9 Å². The van der Waals surface area contributed by atoms with Crippen LogP contribution in [0.4, 0.5) is 4.39 Å². The van der Waals surface area contributed by atoms with Gasteiger partial charge >= 0.3 is 0 Å². The molecule has 0 aliphatic carbocycles. The Hall–Kier alpha value is -1.42. The van der Waals surface area contributed by atoms with Crippen molar-refractivity contribution >= 4 is 5.91 Å². The van der Waals surface area contributed by atoms with Crippen molar-refractivity contribution in [1.29, 1.82) is 0 Å². The summed E-state index contributed by atoms with van der Waals surface area (Å²) in [6.45, 7) is 5.78. The maximum absolute atomic E-state index is 13.1. The van der Waals surface area contributed by atoms with Crippen molar-refractivity contribution in [2.75, 3.05) is 26.2 Å². The Bertz CT molecular complexity index is 422. The highest BCUT2D eigenvalue weighted by molar-refractivity contribution is 5.73. The summed E-state index contributed by atoms with van der Waals surface area (Å²) in [4.78, 5) is 15.5. The Balaban J connectivity index is 1.92. The van der Waals surface area contributed by atoms with Gasteiger partial charge in [0.15, 0.2) is 0 Å². The van der Waals surface area contributed by atoms with E-state index in [1.807, 2.05) is 11.0 Å². The van der Waals surface area contributed by atoms with Crippen LogP contribution in [-0.2, 0) is 11.3 Å². The lowest BCUT2D eigenvalue weighted by Crippen LogP contribution is -2.33. The van der Waals surface area contributed by atoms with Crippen molar-refractivity contribution in [3.05, 3.63) is 35.6 Å². The molecular formula is C14H19FN2O. The molecule has 0 spiro atoms. The van der Waals surface area contributed by atoms with Gasteiger partial charge in [-0.05, 0) is 24.1 Å². The standard InChI is InChI=1S/C14H19FN2O/c1-12(18)17-7-3-6-16(8-9-17)11-13-4-2-5-14(15)10-13/h2,4-5,10H,3,6-9,11H2,1H3. The monoisotopic (exact) mass is 250 g/mol. The molecule has 0 atom stereocenters. The second-order valence-corrected chi connectivity index (χ2v) is 4.77. The molecule has 0 bridgehead atoms. The quantitative estimate of drug-likeness (QED) is 0.800. The Morgan fingerprint density at radius 3 is 2.83 bits per heavy atom. The molecule has 1 heterocycles. The maximum atomic E-state index is 13.1. The van der Waals surface area contributed by atoms with Crippen molar-refractivity contribution < 1.29 is 9.18 Å². The largest absolute Gasteiger partial charge is 0.342 e. The predicted molar refractivity (Wildman–Crippen MR) is 68.5 cm³/mol. The molecule has 1 saturated heterocycles. The van der Waals surface area contributed by atoms with Crippen LogP contribution in [0.15, 0.2) is 24.3 Å². The average Bonchev–Trinajstić information content (AvgIpc) is 2.55. The minimum Gasteiger partial charge on any atom is -0.342 e. The molecule has 0 N–H and O–H groups in total. The molecule has 0 radical (unpaired) electrons. The van der Waals surface area contributed by atoms with Crippen LogP contribution in [0.2, 0.25) is 0 Å². The SMILES string of the molecule is CC(=O)N1CCCN(Cc2cccc(F)c2)CC1. The number of halogens is 1. The summed E-state index contributed by atoms with van der Waals surface area (Å²) in [6, 6.07) is 6.72. The van der Waals surface area contributed by atoms with Gasteiger partial charge in [-0.25, -0.2) is 4.39 Å². The molecule has 1 aromatic rings. The predicted octanol–water partition coefficient (Wildman–Crippen LogP) is 1.88. The van der Waals surface area contributed by atoms with Crippen molar-refractivity contribution in [2.24, 2.45) is 0 Å². The van der Waals surface area contributed by atoms with Gasteiger partial charge in [0.1, 0.15) is 5.82 Å². The summed E-state index contributed by atoms with van der Waals surface area (Å²) in [5.41, 5.74) is 0.992. The molecule has 1 aliphatic heterocycles. The second-order valence-electron chi connectivity index (χ2n) is 4.77. The maximum Gasteiger partial charge on any atom is 0.219 e. The Labute approximate surface area is 107 Å². The van der Waals surface area contributed by atoms with E-state index in [2.05, 4.69) is 4.90 Å². The summed E-state index contributed by atoms with van der Waals surface area (Å²) in [7, 11) is 0. The van der Waals surface area contributed by atoms with Crippen molar-refractivity contribution in [3.8, 4) is 0 Å². The highest BCUT2D eigenvalue weighted by atomic mass is 19.1. The zero-order valence-electron chi connectivity index (χ0n) is 10.7. The summed E-state index contributed by atoms with van der Waals surface area (Å²) in [6.07, 6.45) is 0.981. The molecule has 2 rings (SSSR count). The fourth-order valence-electron chi connectivity index (χ4n) is 2.34. The Kier molecular flexibility index (Phi) is 4.31. The van der Waals surface area contributed by atoms with Crippen molar-refractivity contribution in [3.63, 3.8) is 0 Å². The minimum atomic E-state index is -0.187. The van der Waals surface area contributed by atoms with Crippen LogP contribution in [0.25, 0.3) is 0 Å². The van der Waals surface area contributed by atoms with E-state index in [4.69, 9.17) is 0 Å². The average molecular weight is 250 g/mol. The second kappa shape index (κ2) is 5.96. The summed E-state index contributed by atoms with van der Waals surface area (Å²) in [5, 5.41) is 0. The first-order valence-electron chi connectivity index (χ1n) is 6.37. The Morgan fingerprint density at radius 2 is 2.11 bits per heavy atom. The molecule has 18 heavy (non-hydrogen) atoms. The normalized spacial score (nSPS) is 17.6. The van der Waals surface area contributed by atoms with E-state index >= 15 is 0 Å². The van der Waals surface area contributed by atoms with E-state index in [1.165, 1.54) is 6.07 Å². The molecule has 98 valence electrons. The van der Waals surface area contributed by atoms with Crippen LogP contribution in [0.5, 0.6) is 0 Å². The number of rotatable bonds is 2. The first kappa shape index (κ1) is 13.0. The van der Waals surface area contributed by atoms with Crippen molar-refractivity contribution in [2.45, 2.75) is 19.9 Å². The smallest absolute Gasteiger partial charge is 0.219 e. The van der Waals surface area contributed by atoms with E-state index in [0.29, 0.717) is 0 Å². The lowest BCUT2D eigenvalue weighted by Gasteiger charge is -2.21. The lowest BCUT2D eigenvalue weighted by atomic mass is 10.2. The van der Waals surface area contributed by atoms with Gasteiger partial charge in [0.2, 0.25) is 5.91 Å². The fourth-order valence-corrected chi connectivity index (χ4v) is 2.34. The number of hydrogen-bond acceptors (Lipinski definition) is 2. The number of hydrogen-bond donors (Lipinski definition) is 0. The third-order valence-electron chi connectivity index (χ3n) is 3.33. The van der Waals surface area contributed by atoms with Crippen LogP contribution in [0.1, 0.15) is 18.9 Å². The summed E-state index contributed by atoms with van der Waals surface area (Å²) >= 11 is 0. The first-order chi connectivity index (χ1) is 8.65.